The molecule has 5 nitrogen and oxygen atoms in total. The van der Waals surface area contributed by atoms with E-state index >= 15 is 0 Å². The molecule has 0 fully saturated rings. The van der Waals surface area contributed by atoms with Gasteiger partial charge >= 0.3 is 0 Å². The lowest BCUT2D eigenvalue weighted by Gasteiger charge is -2.20. The third kappa shape index (κ3) is 3.85. The summed E-state index contributed by atoms with van der Waals surface area (Å²) in [5.74, 6) is 0. The van der Waals surface area contributed by atoms with Crippen LogP contribution in [0.2, 0.25) is 0 Å². The van der Waals surface area contributed by atoms with E-state index in [9.17, 15) is 10.5 Å². The standard InChI is InChI=1S/C34H17N5/c1-37-26-16-22(20-35)14-24(18-26)28-10-7-11-29(25-15-23(21-36)17-27(19-25)38-2)34(28)39-32-12-5-3-8-30(32)31-9-4-6-13-33(31)39/h3-19H. The SMILES string of the molecule is [C-]#[N+]c1cc(C#N)cc(-c2cccc(-c3cc(C#N)cc([N+]#[C-])c3)c2-n2c3ccccc3c3ccccc32)c1. The lowest BCUT2D eigenvalue weighted by atomic mass is 9.93. The molecule has 178 valence electrons. The van der Waals surface area contributed by atoms with E-state index in [1.165, 1.54) is 0 Å². The smallest absolute Gasteiger partial charge is 0.189 e. The summed E-state index contributed by atoms with van der Waals surface area (Å²) in [4.78, 5) is 7.21. The highest BCUT2D eigenvalue weighted by Gasteiger charge is 2.20. The van der Waals surface area contributed by atoms with Crippen LogP contribution in [0.4, 0.5) is 11.4 Å². The molecule has 1 heterocycles. The number of hydrogen-bond donors (Lipinski definition) is 0. The summed E-state index contributed by atoms with van der Waals surface area (Å²) < 4.78 is 2.20. The number of fused-ring (bicyclic) bond motifs is 3. The van der Waals surface area contributed by atoms with Crippen LogP contribution in [-0.4, -0.2) is 4.57 Å². The summed E-state index contributed by atoms with van der Waals surface area (Å²) in [6.45, 7) is 15.2. The van der Waals surface area contributed by atoms with Crippen molar-refractivity contribution in [3.8, 4) is 40.1 Å². The number of nitriles is 2. The highest BCUT2D eigenvalue weighted by molar-refractivity contribution is 6.10. The molecule has 0 aliphatic carbocycles. The summed E-state index contributed by atoms with van der Waals surface area (Å²) in [6, 6.07) is 37.0. The van der Waals surface area contributed by atoms with Gasteiger partial charge in [-0.15, -0.1) is 0 Å². The van der Waals surface area contributed by atoms with E-state index in [-0.39, 0.29) is 0 Å². The Morgan fingerprint density at radius 2 is 1.03 bits per heavy atom. The summed E-state index contributed by atoms with van der Waals surface area (Å²) in [6.07, 6.45) is 0. The molecule has 0 aliphatic heterocycles. The lowest BCUT2D eigenvalue weighted by Crippen LogP contribution is -2.01. The van der Waals surface area contributed by atoms with Crippen LogP contribution < -0.4 is 0 Å². The molecule has 0 amide bonds. The molecule has 0 saturated carbocycles. The Labute approximate surface area is 225 Å². The Hall–Kier alpha value is -6.14. The Morgan fingerprint density at radius 3 is 1.46 bits per heavy atom. The zero-order valence-corrected chi connectivity index (χ0v) is 20.6. The number of para-hydroxylation sites is 3. The second-order valence-electron chi connectivity index (χ2n) is 9.06. The van der Waals surface area contributed by atoms with Crippen molar-refractivity contribution < 1.29 is 0 Å². The summed E-state index contributed by atoms with van der Waals surface area (Å²) in [5.41, 5.74) is 7.52. The van der Waals surface area contributed by atoms with E-state index in [4.69, 9.17) is 13.1 Å². The fraction of sp³-hybridized carbons (Fsp3) is 0. The van der Waals surface area contributed by atoms with Crippen LogP contribution >= 0.6 is 0 Å². The highest BCUT2D eigenvalue weighted by atomic mass is 15.0. The molecule has 6 aromatic rings. The molecule has 0 bridgehead atoms. The minimum absolute atomic E-state index is 0.379. The maximum absolute atomic E-state index is 9.70. The van der Waals surface area contributed by atoms with Crippen molar-refractivity contribution in [2.24, 2.45) is 0 Å². The van der Waals surface area contributed by atoms with E-state index in [1.807, 2.05) is 42.5 Å². The van der Waals surface area contributed by atoms with Crippen LogP contribution in [0.3, 0.4) is 0 Å². The molecule has 0 aliphatic rings. The van der Waals surface area contributed by atoms with Gasteiger partial charge in [-0.25, -0.2) is 9.69 Å². The van der Waals surface area contributed by atoms with Crippen LogP contribution in [0.25, 0.3) is 59.4 Å². The molecular formula is C34H17N5. The fourth-order valence-electron chi connectivity index (χ4n) is 5.21. The summed E-state index contributed by atoms with van der Waals surface area (Å²) >= 11 is 0. The second-order valence-corrected chi connectivity index (χ2v) is 9.06. The molecule has 5 heteroatoms. The predicted molar refractivity (Wildman–Crippen MR) is 154 cm³/mol. The maximum Gasteiger partial charge on any atom is 0.189 e. The maximum atomic E-state index is 9.70. The van der Waals surface area contributed by atoms with Crippen LogP contribution in [0.1, 0.15) is 11.1 Å². The van der Waals surface area contributed by atoms with Gasteiger partial charge < -0.3 is 4.57 Å². The number of rotatable bonds is 3. The van der Waals surface area contributed by atoms with E-state index in [0.717, 1.165) is 49.7 Å². The third-order valence-electron chi connectivity index (χ3n) is 6.81. The van der Waals surface area contributed by atoms with Gasteiger partial charge in [0.05, 0.1) is 42.0 Å². The summed E-state index contributed by atoms with van der Waals surface area (Å²) in [7, 11) is 0. The van der Waals surface area contributed by atoms with Crippen molar-refractivity contribution in [2.75, 3.05) is 0 Å². The fourth-order valence-corrected chi connectivity index (χ4v) is 5.21. The number of hydrogen-bond acceptors (Lipinski definition) is 2. The minimum Gasteiger partial charge on any atom is -0.308 e. The Kier molecular flexibility index (Phi) is 5.60. The van der Waals surface area contributed by atoms with Gasteiger partial charge in [0, 0.05) is 33.0 Å². The van der Waals surface area contributed by atoms with Gasteiger partial charge in [-0.3, -0.25) is 0 Å². The molecule has 0 saturated heterocycles. The molecule has 6 rings (SSSR count). The van der Waals surface area contributed by atoms with E-state index in [0.29, 0.717) is 22.5 Å². The number of nitrogens with zero attached hydrogens (tertiary/aromatic N) is 5. The van der Waals surface area contributed by atoms with Gasteiger partial charge in [0.25, 0.3) is 0 Å². The van der Waals surface area contributed by atoms with Gasteiger partial charge in [0.1, 0.15) is 0 Å². The monoisotopic (exact) mass is 495 g/mol. The number of aromatic nitrogens is 1. The first kappa shape index (κ1) is 23.3. The van der Waals surface area contributed by atoms with Crippen molar-refractivity contribution >= 4 is 33.2 Å². The third-order valence-corrected chi connectivity index (χ3v) is 6.81. The zero-order chi connectivity index (χ0) is 26.9. The molecule has 0 spiro atoms. The zero-order valence-electron chi connectivity index (χ0n) is 20.6. The largest absolute Gasteiger partial charge is 0.308 e. The molecular weight excluding hydrogens is 478 g/mol. The van der Waals surface area contributed by atoms with Crippen molar-refractivity contribution in [2.45, 2.75) is 0 Å². The molecule has 0 N–H and O–H groups in total. The Balaban J connectivity index is 1.81. The molecule has 39 heavy (non-hydrogen) atoms. The van der Waals surface area contributed by atoms with Gasteiger partial charge in [0.2, 0.25) is 0 Å². The lowest BCUT2D eigenvalue weighted by molar-refractivity contribution is 1.18. The number of benzene rings is 5. The van der Waals surface area contributed by atoms with Crippen LogP contribution in [-0.2, 0) is 0 Å². The molecule has 0 atom stereocenters. The molecule has 5 aromatic carbocycles. The second kappa shape index (κ2) is 9.38. The minimum atomic E-state index is 0.379. The molecule has 1 aromatic heterocycles. The Bertz CT molecular complexity index is 1910. The summed E-state index contributed by atoms with van der Waals surface area (Å²) in [5, 5.41) is 21.6. The highest BCUT2D eigenvalue weighted by Crippen LogP contribution is 2.42. The van der Waals surface area contributed by atoms with Crippen LogP contribution in [0.15, 0.2) is 103 Å². The Morgan fingerprint density at radius 1 is 0.564 bits per heavy atom. The first-order chi connectivity index (χ1) is 19.1. The average Bonchev–Trinajstić information content (AvgIpc) is 3.34. The quantitative estimate of drug-likeness (QED) is 0.230. The van der Waals surface area contributed by atoms with Crippen molar-refractivity contribution in [3.63, 3.8) is 0 Å². The molecule has 0 unspecified atom stereocenters. The van der Waals surface area contributed by atoms with Gasteiger partial charge in [-0.2, -0.15) is 10.5 Å². The molecule has 0 radical (unpaired) electrons. The normalized spacial score (nSPS) is 10.5. The van der Waals surface area contributed by atoms with Crippen molar-refractivity contribution in [3.05, 3.63) is 137 Å². The van der Waals surface area contributed by atoms with E-state index in [1.54, 1.807) is 36.4 Å². The predicted octanol–water partition coefficient (Wildman–Crippen LogP) is 8.96. The van der Waals surface area contributed by atoms with Crippen molar-refractivity contribution in [1.82, 2.24) is 4.57 Å². The van der Waals surface area contributed by atoms with Crippen LogP contribution in [0, 0.1) is 35.8 Å². The van der Waals surface area contributed by atoms with E-state index in [2.05, 4.69) is 50.7 Å². The first-order valence-corrected chi connectivity index (χ1v) is 12.1. The average molecular weight is 496 g/mol. The van der Waals surface area contributed by atoms with E-state index < -0.39 is 0 Å². The van der Waals surface area contributed by atoms with Gasteiger partial charge in [-0.1, -0.05) is 54.6 Å². The van der Waals surface area contributed by atoms with Crippen molar-refractivity contribution in [1.29, 1.82) is 10.5 Å². The van der Waals surface area contributed by atoms with Gasteiger partial charge in [0.15, 0.2) is 11.4 Å². The van der Waals surface area contributed by atoms with Crippen LogP contribution in [0.5, 0.6) is 0 Å². The van der Waals surface area contributed by atoms with Gasteiger partial charge in [-0.05, 0) is 59.7 Å². The topological polar surface area (TPSA) is 61.2 Å². The first-order valence-electron chi connectivity index (χ1n) is 12.1.